The van der Waals surface area contributed by atoms with Crippen molar-refractivity contribution in [3.63, 3.8) is 0 Å². The molecule has 0 fully saturated rings. The Kier molecular flexibility index (Phi) is 5.55. The van der Waals surface area contributed by atoms with E-state index in [9.17, 15) is 0 Å². The van der Waals surface area contributed by atoms with Crippen molar-refractivity contribution >= 4 is 28.5 Å². The molecule has 2 heterocycles. The first kappa shape index (κ1) is 22.8. The Labute approximate surface area is 214 Å². The lowest BCUT2D eigenvalue weighted by Gasteiger charge is -2.22. The van der Waals surface area contributed by atoms with Crippen LogP contribution >= 0.6 is 7.53 Å². The molecule has 1 nitrogen and oxygen atoms in total. The molecule has 6 rings (SSSR count). The predicted octanol–water partition coefficient (Wildman–Crippen LogP) is 10.4. The molecule has 1 unspecified atom stereocenters. The van der Waals surface area contributed by atoms with Crippen molar-refractivity contribution in [1.82, 2.24) is 4.98 Å². The average Bonchev–Trinajstić information content (AvgIpc) is 3.24. The number of rotatable bonds is 3. The SMILES string of the molecule is Cc1cccc(-c2cc(-c3ccccc3)cc(-c3cccc4c5ccccc5p(C(C)(C)C)c34)n2)c1. The fourth-order valence-electron chi connectivity index (χ4n) is 5.34. The molecule has 0 amide bonds. The highest BCUT2D eigenvalue weighted by molar-refractivity contribution is 7.62. The Bertz CT molecular complexity index is 1720. The molecule has 0 saturated heterocycles. The molecular weight excluding hydrogens is 453 g/mol. The van der Waals surface area contributed by atoms with Gasteiger partial charge in [-0.3, -0.25) is 0 Å². The minimum Gasteiger partial charge on any atom is -0.248 e. The maximum atomic E-state index is 5.31. The Balaban J connectivity index is 1.70. The Hall–Kier alpha value is -3.67. The van der Waals surface area contributed by atoms with Crippen molar-refractivity contribution in [2.45, 2.75) is 32.9 Å². The highest BCUT2D eigenvalue weighted by Gasteiger charge is 2.25. The molecule has 176 valence electrons. The Morgan fingerprint density at radius 2 is 1.25 bits per heavy atom. The van der Waals surface area contributed by atoms with Gasteiger partial charge < -0.3 is 0 Å². The summed E-state index contributed by atoms with van der Waals surface area (Å²) in [6.45, 7) is 9.29. The Morgan fingerprint density at radius 1 is 0.583 bits per heavy atom. The van der Waals surface area contributed by atoms with Crippen LogP contribution in [0.4, 0.5) is 0 Å². The van der Waals surface area contributed by atoms with E-state index in [1.807, 2.05) is 0 Å². The number of aromatic nitrogens is 1. The van der Waals surface area contributed by atoms with E-state index < -0.39 is 7.53 Å². The van der Waals surface area contributed by atoms with Gasteiger partial charge >= 0.3 is 0 Å². The maximum absolute atomic E-state index is 5.31. The monoisotopic (exact) mass is 483 g/mol. The van der Waals surface area contributed by atoms with Gasteiger partial charge in [-0.1, -0.05) is 117 Å². The predicted molar refractivity (Wildman–Crippen MR) is 158 cm³/mol. The first-order valence-corrected chi connectivity index (χ1v) is 13.9. The summed E-state index contributed by atoms with van der Waals surface area (Å²) in [5.74, 6) is 0. The number of nitrogens with zero attached hydrogens (tertiary/aromatic N) is 1. The van der Waals surface area contributed by atoms with Crippen LogP contribution in [0.1, 0.15) is 26.3 Å². The van der Waals surface area contributed by atoms with Gasteiger partial charge in [-0.05, 0) is 47.0 Å². The van der Waals surface area contributed by atoms with E-state index in [2.05, 4.69) is 137 Å². The van der Waals surface area contributed by atoms with Crippen LogP contribution in [0.5, 0.6) is 0 Å². The minimum absolute atomic E-state index is 0.142. The van der Waals surface area contributed by atoms with Crippen LogP contribution < -0.4 is 0 Å². The van der Waals surface area contributed by atoms with E-state index in [4.69, 9.17) is 4.98 Å². The van der Waals surface area contributed by atoms with Crippen LogP contribution in [0.3, 0.4) is 0 Å². The van der Waals surface area contributed by atoms with E-state index in [-0.39, 0.29) is 5.16 Å². The zero-order valence-electron chi connectivity index (χ0n) is 21.3. The van der Waals surface area contributed by atoms with Crippen LogP contribution in [0.2, 0.25) is 0 Å². The summed E-state index contributed by atoms with van der Waals surface area (Å²) in [5, 5.41) is 5.85. The van der Waals surface area contributed by atoms with Gasteiger partial charge in [-0.15, -0.1) is 7.53 Å². The van der Waals surface area contributed by atoms with Gasteiger partial charge in [0.25, 0.3) is 0 Å². The van der Waals surface area contributed by atoms with Gasteiger partial charge in [-0.2, -0.15) is 0 Å². The summed E-state index contributed by atoms with van der Waals surface area (Å²) in [7, 11) is -0.535. The van der Waals surface area contributed by atoms with E-state index >= 15 is 0 Å². The van der Waals surface area contributed by atoms with Crippen molar-refractivity contribution in [3.8, 4) is 33.6 Å². The van der Waals surface area contributed by atoms with Crippen LogP contribution in [0, 0.1) is 6.92 Å². The second-order valence-corrected chi connectivity index (χ2v) is 13.5. The van der Waals surface area contributed by atoms with E-state index in [1.54, 1.807) is 0 Å². The Morgan fingerprint density at radius 3 is 2.03 bits per heavy atom. The highest BCUT2D eigenvalue weighted by atomic mass is 31.1. The van der Waals surface area contributed by atoms with Gasteiger partial charge in [0.2, 0.25) is 0 Å². The van der Waals surface area contributed by atoms with Gasteiger partial charge in [0.1, 0.15) is 0 Å². The van der Waals surface area contributed by atoms with Crippen molar-refractivity contribution in [2.24, 2.45) is 0 Å². The lowest BCUT2D eigenvalue weighted by Crippen LogP contribution is -2.00. The summed E-state index contributed by atoms with van der Waals surface area (Å²) in [4.78, 5) is 5.31. The second kappa shape index (κ2) is 8.77. The molecule has 4 aromatic carbocycles. The van der Waals surface area contributed by atoms with Crippen molar-refractivity contribution < 1.29 is 0 Å². The van der Waals surface area contributed by atoms with Crippen LogP contribution in [0.15, 0.2) is 109 Å². The molecule has 1 atom stereocenters. The number of fused-ring (bicyclic) bond motifs is 3. The third kappa shape index (κ3) is 3.94. The van der Waals surface area contributed by atoms with Gasteiger partial charge in [0.15, 0.2) is 0 Å². The summed E-state index contributed by atoms with van der Waals surface area (Å²) in [6.07, 6.45) is 0. The first-order valence-electron chi connectivity index (χ1n) is 12.6. The van der Waals surface area contributed by atoms with Crippen LogP contribution in [0.25, 0.3) is 54.7 Å². The highest BCUT2D eigenvalue weighted by Crippen LogP contribution is 2.60. The zero-order valence-corrected chi connectivity index (χ0v) is 22.2. The molecule has 0 saturated carbocycles. The van der Waals surface area contributed by atoms with Crippen molar-refractivity contribution in [3.05, 3.63) is 115 Å². The molecule has 0 spiro atoms. The van der Waals surface area contributed by atoms with Crippen LogP contribution in [-0.2, 0) is 5.16 Å². The molecule has 2 aromatic heterocycles. The summed E-state index contributed by atoms with van der Waals surface area (Å²) < 4.78 is 0. The number of benzene rings is 4. The third-order valence-corrected chi connectivity index (χ3v) is 10.0. The van der Waals surface area contributed by atoms with E-state index in [1.165, 1.54) is 43.3 Å². The fraction of sp³-hybridized carbons (Fsp3) is 0.147. The molecule has 0 N–H and O–H groups in total. The number of pyridine rings is 1. The lowest BCUT2D eigenvalue weighted by molar-refractivity contribution is 0.721. The summed E-state index contributed by atoms with van der Waals surface area (Å²) in [6, 6.07) is 39.6. The first-order chi connectivity index (χ1) is 17.4. The molecule has 0 aliphatic carbocycles. The molecule has 0 bridgehead atoms. The lowest BCUT2D eigenvalue weighted by atomic mass is 9.99. The molecule has 2 heteroatoms. The van der Waals surface area contributed by atoms with Gasteiger partial charge in [0, 0.05) is 26.5 Å². The summed E-state index contributed by atoms with van der Waals surface area (Å²) >= 11 is 0. The number of hydrogen-bond donors (Lipinski definition) is 0. The van der Waals surface area contributed by atoms with Gasteiger partial charge in [0.05, 0.1) is 11.4 Å². The molecule has 36 heavy (non-hydrogen) atoms. The van der Waals surface area contributed by atoms with Crippen LogP contribution in [-0.4, -0.2) is 4.98 Å². The number of hydrogen-bond acceptors (Lipinski definition) is 1. The quantitative estimate of drug-likeness (QED) is 0.244. The average molecular weight is 484 g/mol. The smallest absolute Gasteiger partial charge is 0.0725 e. The standard InChI is InChI=1S/C34H30NP/c1-23-12-10-15-25(20-23)30-21-26(24-13-6-5-7-14-24)22-31(35-30)29-18-11-17-28-27-16-8-9-19-32(27)36(33(28)29)34(2,3)4/h5-22H,1-4H3. The third-order valence-electron chi connectivity index (χ3n) is 6.89. The summed E-state index contributed by atoms with van der Waals surface area (Å²) in [5.41, 5.74) is 8.14. The molecule has 0 radical (unpaired) electrons. The molecule has 0 aliphatic rings. The topological polar surface area (TPSA) is 12.9 Å². The molecule has 6 aromatic rings. The largest absolute Gasteiger partial charge is 0.248 e. The van der Waals surface area contributed by atoms with Crippen molar-refractivity contribution in [2.75, 3.05) is 0 Å². The normalized spacial score (nSPS) is 12.4. The molecular formula is C34H30NP. The zero-order chi connectivity index (χ0) is 24.9. The molecule has 0 aliphatic heterocycles. The maximum Gasteiger partial charge on any atom is 0.0725 e. The van der Waals surface area contributed by atoms with Gasteiger partial charge in [-0.25, -0.2) is 4.98 Å². The van der Waals surface area contributed by atoms with E-state index in [0.29, 0.717) is 0 Å². The van der Waals surface area contributed by atoms with E-state index in [0.717, 1.165) is 17.0 Å². The fourth-order valence-corrected chi connectivity index (χ4v) is 8.51. The number of aryl methyl sites for hydroxylation is 1. The van der Waals surface area contributed by atoms with Crippen molar-refractivity contribution in [1.29, 1.82) is 0 Å². The minimum atomic E-state index is -0.535. The second-order valence-electron chi connectivity index (χ2n) is 10.6.